The number of aromatic nitrogens is 1. The van der Waals surface area contributed by atoms with E-state index in [9.17, 15) is 4.79 Å². The van der Waals surface area contributed by atoms with E-state index in [1.165, 1.54) is 18.3 Å². The number of carbonyl (C=O) groups is 1. The van der Waals surface area contributed by atoms with Crippen LogP contribution >= 0.6 is 0 Å². The fraction of sp³-hybridized carbons (Fsp3) is 0.143. The minimum absolute atomic E-state index is 0.0522. The van der Waals surface area contributed by atoms with Gasteiger partial charge < -0.3 is 10.5 Å². The van der Waals surface area contributed by atoms with Gasteiger partial charge in [-0.15, -0.1) is 0 Å². The van der Waals surface area contributed by atoms with E-state index in [-0.39, 0.29) is 11.4 Å². The summed E-state index contributed by atoms with van der Waals surface area (Å²) < 4.78 is 25.0. The summed E-state index contributed by atoms with van der Waals surface area (Å²) in [5.41, 5.74) is 4.94. The van der Waals surface area contributed by atoms with Crippen molar-refractivity contribution < 1.29 is 13.6 Å². The average Bonchev–Trinajstić information content (AvgIpc) is 2.01. The Morgan fingerprint density at radius 3 is 3.36 bits per heavy atom. The van der Waals surface area contributed by atoms with Crippen molar-refractivity contribution in [1.82, 2.24) is 4.98 Å². The van der Waals surface area contributed by atoms with Gasteiger partial charge in [-0.2, -0.15) is 0 Å². The largest absolute Gasteiger partial charge is 0.480 e. The predicted octanol–water partition coefficient (Wildman–Crippen LogP) is 0.189. The maximum Gasteiger partial charge on any atom is 0.254 e. The smallest absolute Gasteiger partial charge is 0.254 e. The molecule has 1 heterocycles. The van der Waals surface area contributed by atoms with Crippen LogP contribution in [0.3, 0.4) is 0 Å². The summed E-state index contributed by atoms with van der Waals surface area (Å²) in [7, 11) is -2.64. The molecule has 0 fully saturated rings. The molecule has 0 aliphatic carbocycles. The molecule has 0 radical (unpaired) electrons. The fourth-order valence-electron chi connectivity index (χ4n) is 0.660. The molecule has 0 spiro atoms. The highest BCUT2D eigenvalue weighted by Crippen LogP contribution is 2.11. The molecule has 1 amide bonds. The lowest BCUT2D eigenvalue weighted by Gasteiger charge is -2.01. The SMILES string of the molecule is [2H]C([2H])([2H])Oc1ncccc1C(N)=O. The number of methoxy groups -OCH3 is 1. The lowest BCUT2D eigenvalue weighted by atomic mass is 10.2. The van der Waals surface area contributed by atoms with Crippen molar-refractivity contribution >= 4 is 5.91 Å². The number of carbonyl (C=O) groups excluding carboxylic acids is 1. The molecule has 1 aromatic rings. The Hall–Kier alpha value is -1.58. The van der Waals surface area contributed by atoms with Gasteiger partial charge in [-0.3, -0.25) is 4.79 Å². The number of rotatable bonds is 2. The number of primary amides is 1. The molecule has 0 aliphatic rings. The van der Waals surface area contributed by atoms with Crippen molar-refractivity contribution in [2.24, 2.45) is 5.73 Å². The molecular formula is C7H8N2O2. The molecule has 0 saturated carbocycles. The Balaban J connectivity index is 3.02. The van der Waals surface area contributed by atoms with E-state index in [2.05, 4.69) is 9.72 Å². The molecule has 1 aromatic heterocycles. The quantitative estimate of drug-likeness (QED) is 0.663. The van der Waals surface area contributed by atoms with Gasteiger partial charge in [-0.25, -0.2) is 4.98 Å². The number of nitrogens with zero attached hydrogens (tertiary/aromatic N) is 1. The molecule has 0 aliphatic heterocycles. The summed E-state index contributed by atoms with van der Waals surface area (Å²) >= 11 is 0. The van der Waals surface area contributed by atoms with Gasteiger partial charge in [0.25, 0.3) is 5.91 Å². The molecular weight excluding hydrogens is 144 g/mol. The van der Waals surface area contributed by atoms with E-state index in [1.54, 1.807) is 0 Å². The number of nitrogens with two attached hydrogens (primary N) is 1. The van der Waals surface area contributed by atoms with Crippen LogP contribution in [0.4, 0.5) is 0 Å². The molecule has 4 heteroatoms. The zero-order valence-corrected chi connectivity index (χ0v) is 5.57. The molecule has 2 N–H and O–H groups in total. The van der Waals surface area contributed by atoms with Gasteiger partial charge in [0, 0.05) is 6.20 Å². The fourth-order valence-corrected chi connectivity index (χ4v) is 0.660. The number of amides is 1. The number of hydrogen-bond donors (Lipinski definition) is 1. The van der Waals surface area contributed by atoms with Crippen molar-refractivity contribution in [3.63, 3.8) is 0 Å². The second-order valence-electron chi connectivity index (χ2n) is 1.82. The van der Waals surface area contributed by atoms with Crippen molar-refractivity contribution in [3.8, 4) is 5.88 Å². The Kier molecular flexibility index (Phi) is 1.18. The van der Waals surface area contributed by atoms with Gasteiger partial charge in [-0.05, 0) is 12.1 Å². The predicted molar refractivity (Wildman–Crippen MR) is 39.3 cm³/mol. The van der Waals surface area contributed by atoms with Gasteiger partial charge in [0.1, 0.15) is 5.56 Å². The first kappa shape index (κ1) is 4.33. The maximum absolute atomic E-state index is 10.8. The Morgan fingerprint density at radius 2 is 2.73 bits per heavy atom. The average molecular weight is 155 g/mol. The van der Waals surface area contributed by atoms with E-state index in [0.717, 1.165) is 0 Å². The van der Waals surface area contributed by atoms with E-state index < -0.39 is 12.9 Å². The molecule has 58 valence electrons. The summed E-state index contributed by atoms with van der Waals surface area (Å²) in [6.45, 7) is 0. The third-order valence-corrected chi connectivity index (χ3v) is 1.13. The summed E-state index contributed by atoms with van der Waals surface area (Å²) in [5.74, 6) is -1.06. The first-order chi connectivity index (χ1) is 6.40. The molecule has 0 aromatic carbocycles. The third-order valence-electron chi connectivity index (χ3n) is 1.13. The Labute approximate surface area is 68.2 Å². The summed E-state index contributed by atoms with van der Waals surface area (Å²) in [6, 6.07) is 2.81. The first-order valence-electron chi connectivity index (χ1n) is 4.34. The maximum atomic E-state index is 10.8. The van der Waals surface area contributed by atoms with Gasteiger partial charge in [0.05, 0.1) is 11.2 Å². The number of pyridine rings is 1. The summed E-state index contributed by atoms with van der Waals surface area (Å²) in [6.07, 6.45) is 1.31. The molecule has 0 atom stereocenters. The molecule has 1 rings (SSSR count). The zero-order chi connectivity index (χ0) is 10.8. The van der Waals surface area contributed by atoms with Crippen LogP contribution in [0.2, 0.25) is 0 Å². The van der Waals surface area contributed by atoms with Crippen LogP contribution in [-0.2, 0) is 0 Å². The second kappa shape index (κ2) is 3.01. The van der Waals surface area contributed by atoms with E-state index in [4.69, 9.17) is 9.85 Å². The molecule has 11 heavy (non-hydrogen) atoms. The normalized spacial score (nSPS) is 14.4. The van der Waals surface area contributed by atoms with Crippen LogP contribution < -0.4 is 10.5 Å². The highest BCUT2D eigenvalue weighted by atomic mass is 16.5. The topological polar surface area (TPSA) is 65.2 Å². The van der Waals surface area contributed by atoms with Crippen LogP contribution in [0.5, 0.6) is 5.88 Å². The second-order valence-corrected chi connectivity index (χ2v) is 1.82. The summed E-state index contributed by atoms with van der Waals surface area (Å²) in [4.78, 5) is 14.4. The van der Waals surface area contributed by atoms with Gasteiger partial charge in [0.15, 0.2) is 0 Å². The van der Waals surface area contributed by atoms with E-state index in [1.807, 2.05) is 0 Å². The minimum atomic E-state index is -2.64. The lowest BCUT2D eigenvalue weighted by Crippen LogP contribution is -2.12. The monoisotopic (exact) mass is 155 g/mol. The highest BCUT2D eigenvalue weighted by Gasteiger charge is 2.07. The van der Waals surface area contributed by atoms with E-state index >= 15 is 0 Å². The van der Waals surface area contributed by atoms with Gasteiger partial charge >= 0.3 is 0 Å². The highest BCUT2D eigenvalue weighted by molar-refractivity contribution is 5.94. The van der Waals surface area contributed by atoms with Crippen molar-refractivity contribution in [2.45, 2.75) is 0 Å². The van der Waals surface area contributed by atoms with Crippen LogP contribution in [-0.4, -0.2) is 17.9 Å². The van der Waals surface area contributed by atoms with E-state index in [0.29, 0.717) is 0 Å². The van der Waals surface area contributed by atoms with Gasteiger partial charge in [-0.1, -0.05) is 0 Å². The van der Waals surface area contributed by atoms with Crippen LogP contribution in [0.25, 0.3) is 0 Å². The number of hydrogen-bond acceptors (Lipinski definition) is 3. The minimum Gasteiger partial charge on any atom is -0.480 e. The lowest BCUT2D eigenvalue weighted by molar-refractivity contribution is 0.0996. The standard InChI is InChI=1S/C7H8N2O2/c1-11-7-5(6(8)10)3-2-4-9-7/h2-4H,1H3,(H2,8,10)/i1D3. The Bertz CT molecular complexity index is 351. The molecule has 0 bridgehead atoms. The summed E-state index contributed by atoms with van der Waals surface area (Å²) in [5, 5.41) is 0. The number of ether oxygens (including phenoxy) is 1. The first-order valence-corrected chi connectivity index (χ1v) is 2.84. The van der Waals surface area contributed by atoms with Crippen LogP contribution in [0.15, 0.2) is 18.3 Å². The Morgan fingerprint density at radius 1 is 1.91 bits per heavy atom. The van der Waals surface area contributed by atoms with Crippen molar-refractivity contribution in [2.75, 3.05) is 7.04 Å². The van der Waals surface area contributed by atoms with Crippen molar-refractivity contribution in [1.29, 1.82) is 0 Å². The third kappa shape index (κ3) is 1.46. The molecule has 0 unspecified atom stereocenters. The van der Waals surface area contributed by atoms with Crippen molar-refractivity contribution in [3.05, 3.63) is 23.9 Å². The van der Waals surface area contributed by atoms with Gasteiger partial charge in [0.2, 0.25) is 5.88 Å². The van der Waals surface area contributed by atoms with Crippen LogP contribution in [0.1, 0.15) is 14.5 Å². The zero-order valence-electron chi connectivity index (χ0n) is 8.57. The van der Waals surface area contributed by atoms with Crippen LogP contribution in [0, 0.1) is 0 Å². The molecule has 4 nitrogen and oxygen atoms in total. The molecule has 0 saturated heterocycles.